The average molecular weight is 302 g/mol. The molecule has 2 aromatic rings. The number of nitrogens with zero attached hydrogens (tertiary/aromatic N) is 2. The van der Waals surface area contributed by atoms with E-state index in [2.05, 4.69) is 4.98 Å². The normalized spacial score (nSPS) is 14.2. The maximum atomic E-state index is 12.3. The number of fused-ring (bicyclic) bond motifs is 1. The van der Waals surface area contributed by atoms with Crippen molar-refractivity contribution in [1.82, 2.24) is 9.88 Å². The van der Waals surface area contributed by atoms with E-state index in [1.54, 1.807) is 29.6 Å². The fourth-order valence-electron chi connectivity index (χ4n) is 2.20. The first-order valence-corrected chi connectivity index (χ1v) is 7.04. The Morgan fingerprint density at radius 1 is 1.33 bits per heavy atom. The number of imide groups is 1. The second kappa shape index (κ2) is 5.10. The number of carbonyl (C=O) groups excluding carboxylic acids is 2. The van der Waals surface area contributed by atoms with E-state index in [-0.39, 0.29) is 29.8 Å². The molecule has 106 valence electrons. The van der Waals surface area contributed by atoms with Gasteiger partial charge in [0, 0.05) is 10.9 Å². The Hall–Kier alpha value is -2.54. The average Bonchev–Trinajstić information content (AvgIpc) is 2.92. The van der Waals surface area contributed by atoms with Gasteiger partial charge in [0.1, 0.15) is 0 Å². The van der Waals surface area contributed by atoms with Crippen LogP contribution in [0.4, 0.5) is 0 Å². The molecule has 1 aliphatic rings. The number of carbonyl (C=O) groups is 3. The molecule has 0 aliphatic carbocycles. The molecular weight excluding hydrogens is 292 g/mol. The molecule has 1 aliphatic heterocycles. The highest BCUT2D eigenvalue weighted by molar-refractivity contribution is 7.11. The Morgan fingerprint density at radius 2 is 2.10 bits per heavy atom. The quantitative estimate of drug-likeness (QED) is 0.869. The summed E-state index contributed by atoms with van der Waals surface area (Å²) in [4.78, 5) is 40.2. The minimum absolute atomic E-state index is 0.00419. The Bertz CT molecular complexity index is 753. The molecule has 21 heavy (non-hydrogen) atoms. The highest BCUT2D eigenvalue weighted by atomic mass is 32.1. The predicted octanol–water partition coefficient (Wildman–Crippen LogP) is 1.57. The van der Waals surface area contributed by atoms with Crippen LogP contribution in [0.15, 0.2) is 29.6 Å². The molecule has 0 spiro atoms. The first kappa shape index (κ1) is 13.4. The zero-order valence-corrected chi connectivity index (χ0v) is 11.6. The second-order valence-electron chi connectivity index (χ2n) is 4.57. The monoisotopic (exact) mass is 302 g/mol. The summed E-state index contributed by atoms with van der Waals surface area (Å²) in [6, 6.07) is 6.97. The number of amides is 2. The third-order valence-electron chi connectivity index (χ3n) is 3.19. The van der Waals surface area contributed by atoms with Gasteiger partial charge in [-0.2, -0.15) is 0 Å². The van der Waals surface area contributed by atoms with E-state index in [1.807, 2.05) is 0 Å². The van der Waals surface area contributed by atoms with E-state index < -0.39 is 5.97 Å². The SMILES string of the molecule is O=C(O)c1nc(CN2C(=O)Cc3ccccc3C2=O)cs1. The minimum Gasteiger partial charge on any atom is -0.476 e. The number of hydrogen-bond donors (Lipinski definition) is 1. The number of aromatic nitrogens is 1. The van der Waals surface area contributed by atoms with Gasteiger partial charge in [-0.05, 0) is 11.6 Å². The van der Waals surface area contributed by atoms with E-state index in [0.717, 1.165) is 16.2 Å². The van der Waals surface area contributed by atoms with Crippen molar-refractivity contribution in [2.24, 2.45) is 0 Å². The van der Waals surface area contributed by atoms with Crippen molar-refractivity contribution in [3.05, 3.63) is 51.5 Å². The molecule has 1 N–H and O–H groups in total. The summed E-state index contributed by atoms with van der Waals surface area (Å²) >= 11 is 0.974. The smallest absolute Gasteiger partial charge is 0.365 e. The molecule has 0 saturated carbocycles. The van der Waals surface area contributed by atoms with Crippen LogP contribution in [-0.4, -0.2) is 32.8 Å². The zero-order chi connectivity index (χ0) is 15.0. The van der Waals surface area contributed by atoms with Crippen molar-refractivity contribution in [2.75, 3.05) is 0 Å². The molecule has 2 amide bonds. The first-order valence-electron chi connectivity index (χ1n) is 6.16. The lowest BCUT2D eigenvalue weighted by Crippen LogP contribution is -2.41. The number of benzene rings is 1. The minimum atomic E-state index is -1.12. The van der Waals surface area contributed by atoms with Crippen LogP contribution in [0.25, 0.3) is 0 Å². The summed E-state index contributed by atoms with van der Waals surface area (Å²) < 4.78 is 0. The van der Waals surface area contributed by atoms with E-state index in [0.29, 0.717) is 16.8 Å². The Labute approximate surface area is 123 Å². The lowest BCUT2D eigenvalue weighted by molar-refractivity contribution is -0.128. The van der Waals surface area contributed by atoms with Gasteiger partial charge in [0.2, 0.25) is 10.9 Å². The van der Waals surface area contributed by atoms with Gasteiger partial charge in [-0.1, -0.05) is 18.2 Å². The van der Waals surface area contributed by atoms with Crippen molar-refractivity contribution >= 4 is 29.1 Å². The van der Waals surface area contributed by atoms with Crippen LogP contribution in [0.3, 0.4) is 0 Å². The molecule has 0 bridgehead atoms. The van der Waals surface area contributed by atoms with Crippen molar-refractivity contribution in [1.29, 1.82) is 0 Å². The molecule has 0 radical (unpaired) electrons. The van der Waals surface area contributed by atoms with E-state index in [1.165, 1.54) is 0 Å². The summed E-state index contributed by atoms with van der Waals surface area (Å²) in [7, 11) is 0. The molecule has 7 heteroatoms. The van der Waals surface area contributed by atoms with Gasteiger partial charge < -0.3 is 5.11 Å². The van der Waals surface area contributed by atoms with Crippen LogP contribution < -0.4 is 0 Å². The summed E-state index contributed by atoms with van der Waals surface area (Å²) in [5.41, 5.74) is 1.62. The van der Waals surface area contributed by atoms with Gasteiger partial charge in [0.05, 0.1) is 18.7 Å². The Morgan fingerprint density at radius 3 is 2.81 bits per heavy atom. The topological polar surface area (TPSA) is 87.6 Å². The van der Waals surface area contributed by atoms with Crippen molar-refractivity contribution < 1.29 is 19.5 Å². The van der Waals surface area contributed by atoms with Gasteiger partial charge in [-0.3, -0.25) is 14.5 Å². The number of carboxylic acid groups (broad SMARTS) is 1. The van der Waals surface area contributed by atoms with Gasteiger partial charge >= 0.3 is 5.97 Å². The van der Waals surface area contributed by atoms with E-state index in [4.69, 9.17) is 5.11 Å². The van der Waals surface area contributed by atoms with Crippen molar-refractivity contribution in [3.8, 4) is 0 Å². The van der Waals surface area contributed by atoms with Crippen LogP contribution in [0.1, 0.15) is 31.4 Å². The Balaban J connectivity index is 1.87. The fourth-order valence-corrected chi connectivity index (χ4v) is 2.85. The maximum Gasteiger partial charge on any atom is 0.365 e. The predicted molar refractivity (Wildman–Crippen MR) is 74.1 cm³/mol. The summed E-state index contributed by atoms with van der Waals surface area (Å²) in [6.45, 7) is -0.00419. The molecule has 0 saturated heterocycles. The standard InChI is InChI=1S/C14H10N2O4S/c17-11-5-8-3-1-2-4-10(8)13(18)16(11)6-9-7-21-12(15-9)14(19)20/h1-4,7H,5-6H2,(H,19,20). The maximum absolute atomic E-state index is 12.3. The summed E-state index contributed by atoms with van der Waals surface area (Å²) in [5.74, 6) is -1.79. The van der Waals surface area contributed by atoms with Gasteiger partial charge in [-0.25, -0.2) is 9.78 Å². The molecule has 1 aromatic carbocycles. The number of carboxylic acids is 1. The molecule has 2 heterocycles. The zero-order valence-electron chi connectivity index (χ0n) is 10.8. The highest BCUT2D eigenvalue weighted by Crippen LogP contribution is 2.22. The van der Waals surface area contributed by atoms with E-state index >= 15 is 0 Å². The first-order chi connectivity index (χ1) is 10.1. The molecule has 3 rings (SSSR count). The highest BCUT2D eigenvalue weighted by Gasteiger charge is 2.31. The molecule has 0 unspecified atom stereocenters. The number of thiazole rings is 1. The lowest BCUT2D eigenvalue weighted by atomic mass is 9.98. The van der Waals surface area contributed by atoms with E-state index in [9.17, 15) is 14.4 Å². The third kappa shape index (κ3) is 2.43. The lowest BCUT2D eigenvalue weighted by Gasteiger charge is -2.26. The molecular formula is C14H10N2O4S. The molecule has 6 nitrogen and oxygen atoms in total. The number of hydrogen-bond acceptors (Lipinski definition) is 5. The van der Waals surface area contributed by atoms with Gasteiger partial charge in [-0.15, -0.1) is 11.3 Å². The summed E-state index contributed by atoms with van der Waals surface area (Å²) in [6.07, 6.45) is 0.165. The molecule has 1 aromatic heterocycles. The third-order valence-corrected chi connectivity index (χ3v) is 4.07. The number of aromatic carboxylic acids is 1. The second-order valence-corrected chi connectivity index (χ2v) is 5.43. The largest absolute Gasteiger partial charge is 0.476 e. The van der Waals surface area contributed by atoms with Crippen molar-refractivity contribution in [3.63, 3.8) is 0 Å². The molecule has 0 atom stereocenters. The van der Waals surface area contributed by atoms with Crippen LogP contribution in [0, 0.1) is 0 Å². The van der Waals surface area contributed by atoms with Crippen LogP contribution in [0.5, 0.6) is 0 Å². The Kier molecular flexibility index (Phi) is 3.26. The van der Waals surface area contributed by atoms with Gasteiger partial charge in [0.15, 0.2) is 0 Å². The molecule has 0 fully saturated rings. The fraction of sp³-hybridized carbons (Fsp3) is 0.143. The van der Waals surface area contributed by atoms with Crippen LogP contribution in [-0.2, 0) is 17.8 Å². The summed E-state index contributed by atoms with van der Waals surface area (Å²) in [5, 5.41) is 10.3. The number of rotatable bonds is 3. The van der Waals surface area contributed by atoms with Crippen molar-refractivity contribution in [2.45, 2.75) is 13.0 Å². The van der Waals surface area contributed by atoms with Crippen LogP contribution >= 0.6 is 11.3 Å². The van der Waals surface area contributed by atoms with Gasteiger partial charge in [0.25, 0.3) is 5.91 Å². The van der Waals surface area contributed by atoms with Crippen LogP contribution in [0.2, 0.25) is 0 Å².